The molecule has 0 fully saturated rings. The molecule has 0 unspecified atom stereocenters. The molecular weight excluding hydrogens is 376 g/mol. The second kappa shape index (κ2) is 8.76. The Bertz CT molecular complexity index is 979. The molecule has 3 aromatic rings. The molecule has 0 saturated heterocycles. The van der Waals surface area contributed by atoms with Crippen molar-refractivity contribution < 1.29 is 14.3 Å². The van der Waals surface area contributed by atoms with Crippen LogP contribution in [0.2, 0.25) is 5.02 Å². The van der Waals surface area contributed by atoms with Crippen LogP contribution >= 0.6 is 11.6 Å². The van der Waals surface area contributed by atoms with Crippen LogP contribution in [0, 0.1) is 6.92 Å². The predicted octanol–water partition coefficient (Wildman–Crippen LogP) is 4.93. The van der Waals surface area contributed by atoms with Gasteiger partial charge in [-0.25, -0.2) is 4.79 Å². The fourth-order valence-electron chi connectivity index (χ4n) is 2.99. The van der Waals surface area contributed by atoms with Gasteiger partial charge in [0.25, 0.3) is 0 Å². The number of esters is 1. The molecule has 0 aliphatic rings. The highest BCUT2D eigenvalue weighted by atomic mass is 35.5. The van der Waals surface area contributed by atoms with Crippen LogP contribution in [0.25, 0.3) is 11.3 Å². The van der Waals surface area contributed by atoms with Crippen LogP contribution in [0.1, 0.15) is 23.0 Å². The number of aromatic nitrogens is 1. The van der Waals surface area contributed by atoms with Crippen molar-refractivity contribution in [3.8, 4) is 11.3 Å². The molecule has 6 heteroatoms. The van der Waals surface area contributed by atoms with Gasteiger partial charge in [-0.2, -0.15) is 0 Å². The molecule has 28 heavy (non-hydrogen) atoms. The highest BCUT2D eigenvalue weighted by Crippen LogP contribution is 2.26. The van der Waals surface area contributed by atoms with E-state index in [0.29, 0.717) is 28.6 Å². The van der Waals surface area contributed by atoms with E-state index in [1.165, 1.54) is 0 Å². The van der Waals surface area contributed by atoms with Gasteiger partial charge >= 0.3 is 5.97 Å². The number of amides is 1. The first-order valence-electron chi connectivity index (χ1n) is 8.97. The number of rotatable bonds is 6. The molecule has 0 spiro atoms. The van der Waals surface area contributed by atoms with Gasteiger partial charge in [-0.05, 0) is 49.7 Å². The number of halogens is 1. The van der Waals surface area contributed by atoms with Gasteiger partial charge in [-0.1, -0.05) is 41.9 Å². The lowest BCUT2D eigenvalue weighted by atomic mass is 10.1. The third-order valence-corrected chi connectivity index (χ3v) is 4.61. The summed E-state index contributed by atoms with van der Waals surface area (Å²) in [6.45, 7) is 3.94. The summed E-state index contributed by atoms with van der Waals surface area (Å²) in [4.78, 5) is 24.9. The quantitative estimate of drug-likeness (QED) is 0.601. The van der Waals surface area contributed by atoms with E-state index in [1.807, 2.05) is 41.8 Å². The normalized spacial score (nSPS) is 10.5. The van der Waals surface area contributed by atoms with Crippen molar-refractivity contribution in [2.45, 2.75) is 20.4 Å². The standard InChI is InChI=1S/C22H21ClN2O3/c1-3-28-22(27)19-13-20(16-7-5-4-6-8-16)25(15(19)2)14-21(26)24-18-11-9-17(23)10-12-18/h4-13H,3,14H2,1-2H3,(H,24,26). The zero-order valence-electron chi connectivity index (χ0n) is 15.7. The Morgan fingerprint density at radius 2 is 1.75 bits per heavy atom. The Balaban J connectivity index is 1.92. The number of anilines is 1. The van der Waals surface area contributed by atoms with Gasteiger partial charge in [0, 0.05) is 22.1 Å². The summed E-state index contributed by atoms with van der Waals surface area (Å²) in [5, 5.41) is 3.45. The molecule has 1 aromatic heterocycles. The Morgan fingerprint density at radius 3 is 2.39 bits per heavy atom. The summed E-state index contributed by atoms with van der Waals surface area (Å²) in [5.74, 6) is -0.595. The van der Waals surface area contributed by atoms with Crippen molar-refractivity contribution in [3.05, 3.63) is 76.9 Å². The zero-order valence-corrected chi connectivity index (χ0v) is 16.5. The van der Waals surface area contributed by atoms with Crippen molar-refractivity contribution in [3.63, 3.8) is 0 Å². The summed E-state index contributed by atoms with van der Waals surface area (Å²) in [6.07, 6.45) is 0. The van der Waals surface area contributed by atoms with Gasteiger partial charge in [0.1, 0.15) is 6.54 Å². The topological polar surface area (TPSA) is 60.3 Å². The Labute approximate surface area is 168 Å². The highest BCUT2D eigenvalue weighted by Gasteiger charge is 2.20. The van der Waals surface area contributed by atoms with Gasteiger partial charge in [-0.15, -0.1) is 0 Å². The molecule has 5 nitrogen and oxygen atoms in total. The smallest absolute Gasteiger partial charge is 0.339 e. The maximum Gasteiger partial charge on any atom is 0.339 e. The number of benzene rings is 2. The van der Waals surface area contributed by atoms with Crippen molar-refractivity contribution in [1.29, 1.82) is 0 Å². The first-order valence-corrected chi connectivity index (χ1v) is 9.35. The average molecular weight is 397 g/mol. The third kappa shape index (κ3) is 4.43. The molecule has 0 aliphatic carbocycles. The van der Waals surface area contributed by atoms with E-state index in [0.717, 1.165) is 11.3 Å². The van der Waals surface area contributed by atoms with Crippen LogP contribution in [0.4, 0.5) is 5.69 Å². The second-order valence-electron chi connectivity index (χ2n) is 6.26. The van der Waals surface area contributed by atoms with E-state index in [9.17, 15) is 9.59 Å². The molecule has 2 aromatic carbocycles. The molecule has 0 aliphatic heterocycles. The number of ether oxygens (including phenoxy) is 1. The van der Waals surface area contributed by atoms with Crippen molar-refractivity contribution in [1.82, 2.24) is 4.57 Å². The maximum absolute atomic E-state index is 12.6. The molecule has 144 valence electrons. The molecule has 0 radical (unpaired) electrons. The van der Waals surface area contributed by atoms with Gasteiger partial charge < -0.3 is 14.6 Å². The second-order valence-corrected chi connectivity index (χ2v) is 6.69. The van der Waals surface area contributed by atoms with E-state index in [4.69, 9.17) is 16.3 Å². The molecule has 3 rings (SSSR count). The number of carbonyl (C=O) groups is 2. The van der Waals surface area contributed by atoms with E-state index in [2.05, 4.69) is 5.32 Å². The first-order chi connectivity index (χ1) is 13.5. The van der Waals surface area contributed by atoms with E-state index >= 15 is 0 Å². The van der Waals surface area contributed by atoms with Gasteiger partial charge in [-0.3, -0.25) is 4.79 Å². The van der Waals surface area contributed by atoms with Crippen molar-refractivity contribution >= 4 is 29.2 Å². The Kier molecular flexibility index (Phi) is 6.16. The van der Waals surface area contributed by atoms with E-state index < -0.39 is 5.97 Å². The molecular formula is C22H21ClN2O3. The third-order valence-electron chi connectivity index (χ3n) is 4.36. The lowest BCUT2D eigenvalue weighted by Gasteiger charge is -2.12. The Hall–Kier alpha value is -3.05. The number of hydrogen-bond donors (Lipinski definition) is 1. The number of carbonyl (C=O) groups excluding carboxylic acids is 2. The van der Waals surface area contributed by atoms with Crippen molar-refractivity contribution in [2.24, 2.45) is 0 Å². The molecule has 1 amide bonds. The molecule has 0 bridgehead atoms. The van der Waals surface area contributed by atoms with Gasteiger partial charge in [0.2, 0.25) is 5.91 Å². The fraction of sp³-hybridized carbons (Fsp3) is 0.182. The minimum atomic E-state index is -0.394. The lowest BCUT2D eigenvalue weighted by Crippen LogP contribution is -2.20. The molecule has 0 saturated carbocycles. The monoisotopic (exact) mass is 396 g/mol. The van der Waals surface area contributed by atoms with Crippen LogP contribution < -0.4 is 5.32 Å². The fourth-order valence-corrected chi connectivity index (χ4v) is 3.12. The first kappa shape index (κ1) is 19.7. The molecule has 1 heterocycles. The van der Waals surface area contributed by atoms with Crippen LogP contribution in [0.5, 0.6) is 0 Å². The SMILES string of the molecule is CCOC(=O)c1cc(-c2ccccc2)n(CC(=O)Nc2ccc(Cl)cc2)c1C. The maximum atomic E-state index is 12.6. The largest absolute Gasteiger partial charge is 0.462 e. The van der Waals surface area contributed by atoms with E-state index in [1.54, 1.807) is 37.3 Å². The summed E-state index contributed by atoms with van der Waals surface area (Å²) < 4.78 is 6.99. The number of nitrogens with zero attached hydrogens (tertiary/aromatic N) is 1. The minimum absolute atomic E-state index is 0.0676. The summed E-state index contributed by atoms with van der Waals surface area (Å²) in [6, 6.07) is 18.3. The van der Waals surface area contributed by atoms with E-state index in [-0.39, 0.29) is 12.5 Å². The average Bonchev–Trinajstić information content (AvgIpc) is 3.01. The number of hydrogen-bond acceptors (Lipinski definition) is 3. The highest BCUT2D eigenvalue weighted by molar-refractivity contribution is 6.30. The van der Waals surface area contributed by atoms with Crippen LogP contribution in [0.3, 0.4) is 0 Å². The molecule has 0 atom stereocenters. The number of nitrogens with one attached hydrogen (secondary N) is 1. The van der Waals surface area contributed by atoms with Gasteiger partial charge in [0.05, 0.1) is 12.2 Å². The lowest BCUT2D eigenvalue weighted by molar-refractivity contribution is -0.116. The van der Waals surface area contributed by atoms with Gasteiger partial charge in [0.15, 0.2) is 0 Å². The van der Waals surface area contributed by atoms with Crippen LogP contribution in [0.15, 0.2) is 60.7 Å². The zero-order chi connectivity index (χ0) is 20.1. The minimum Gasteiger partial charge on any atom is -0.462 e. The van der Waals surface area contributed by atoms with Crippen molar-refractivity contribution in [2.75, 3.05) is 11.9 Å². The molecule has 1 N–H and O–H groups in total. The van der Waals surface area contributed by atoms with Crippen LogP contribution in [-0.4, -0.2) is 23.1 Å². The summed E-state index contributed by atoms with van der Waals surface area (Å²) in [5.41, 5.74) is 3.50. The summed E-state index contributed by atoms with van der Waals surface area (Å²) >= 11 is 5.88. The van der Waals surface area contributed by atoms with Crippen LogP contribution in [-0.2, 0) is 16.1 Å². The predicted molar refractivity (Wildman–Crippen MR) is 111 cm³/mol. The summed E-state index contributed by atoms with van der Waals surface area (Å²) in [7, 11) is 0. The Morgan fingerprint density at radius 1 is 1.07 bits per heavy atom.